The summed E-state index contributed by atoms with van der Waals surface area (Å²) in [5, 5.41) is 8.95. The zero-order valence-electron chi connectivity index (χ0n) is 18.6. The van der Waals surface area contributed by atoms with Crippen LogP contribution in [0.1, 0.15) is 46.7 Å². The zero-order chi connectivity index (χ0) is 25.8. The van der Waals surface area contributed by atoms with Crippen molar-refractivity contribution in [2.75, 3.05) is 26.2 Å². The van der Waals surface area contributed by atoms with Crippen LogP contribution in [0.15, 0.2) is 40.9 Å². The van der Waals surface area contributed by atoms with Crippen molar-refractivity contribution in [2.45, 2.75) is 31.4 Å². The summed E-state index contributed by atoms with van der Waals surface area (Å²) in [7, 11) is 0. The zero-order valence-corrected chi connectivity index (χ0v) is 22.4. The molecule has 1 N–H and O–H groups in total. The van der Waals surface area contributed by atoms with Crippen LogP contribution in [0.2, 0.25) is 15.1 Å². The van der Waals surface area contributed by atoms with E-state index in [0.717, 1.165) is 44.1 Å². The first-order valence-electron chi connectivity index (χ1n) is 11.0. The summed E-state index contributed by atoms with van der Waals surface area (Å²) in [5.41, 5.74) is 0.888. The lowest BCUT2D eigenvalue weighted by Gasteiger charge is -2.31. The second-order valence-electron chi connectivity index (χ2n) is 8.55. The minimum Gasteiger partial charge on any atom is -0.395 e. The molecule has 35 heavy (non-hydrogen) atoms. The van der Waals surface area contributed by atoms with Crippen LogP contribution in [-0.2, 0) is 0 Å². The number of piperidine rings is 1. The standard InChI is InChI=1S/C25H24BrCl3F3NO2/c26-20-11-15(1-3-18(20)23(35)12-16-5-7-33(8-6-16)9-10-34)2-4-19(25(30,31)32)17-13-21(27)24(29)22(28)14-17/h1-4,11,13-14,16,19,34H,5-10,12H2/b4-2+. The molecule has 0 spiro atoms. The maximum atomic E-state index is 13.8. The van der Waals surface area contributed by atoms with E-state index in [1.807, 2.05) is 0 Å². The number of ketones is 1. The summed E-state index contributed by atoms with van der Waals surface area (Å²) >= 11 is 21.1. The Bertz CT molecular complexity index is 1060. The molecule has 0 amide bonds. The number of aliphatic hydroxyl groups is 1. The smallest absolute Gasteiger partial charge is 0.395 e. The van der Waals surface area contributed by atoms with Crippen LogP contribution in [-0.4, -0.2) is 48.2 Å². The fourth-order valence-corrected chi connectivity index (χ4v) is 5.39. The fourth-order valence-electron chi connectivity index (χ4n) is 4.16. The molecule has 3 rings (SSSR count). The second-order valence-corrected chi connectivity index (χ2v) is 10.6. The minimum absolute atomic E-state index is 0.00175. The van der Waals surface area contributed by atoms with Gasteiger partial charge in [-0.05, 0) is 67.2 Å². The molecule has 1 saturated heterocycles. The van der Waals surface area contributed by atoms with Gasteiger partial charge in [0.1, 0.15) is 0 Å². The number of aliphatic hydroxyl groups excluding tert-OH is 1. The molecule has 1 fully saturated rings. The van der Waals surface area contributed by atoms with Crippen LogP contribution in [0.5, 0.6) is 0 Å². The summed E-state index contributed by atoms with van der Waals surface area (Å²) in [5.74, 6) is -1.67. The predicted molar refractivity (Wildman–Crippen MR) is 139 cm³/mol. The van der Waals surface area contributed by atoms with Gasteiger partial charge in [0, 0.05) is 23.0 Å². The van der Waals surface area contributed by atoms with Crippen LogP contribution in [0.3, 0.4) is 0 Å². The first kappa shape index (κ1) is 28.5. The molecule has 0 bridgehead atoms. The van der Waals surface area contributed by atoms with E-state index < -0.39 is 12.1 Å². The van der Waals surface area contributed by atoms with Gasteiger partial charge in [-0.2, -0.15) is 13.2 Å². The third kappa shape index (κ3) is 7.70. The van der Waals surface area contributed by atoms with E-state index in [2.05, 4.69) is 20.8 Å². The van der Waals surface area contributed by atoms with Gasteiger partial charge in [-0.1, -0.05) is 69.0 Å². The Labute approximate surface area is 226 Å². The van der Waals surface area contributed by atoms with Crippen molar-refractivity contribution in [3.63, 3.8) is 0 Å². The molecular formula is C25H24BrCl3F3NO2. The van der Waals surface area contributed by atoms with Gasteiger partial charge in [0.25, 0.3) is 0 Å². The number of benzene rings is 2. The van der Waals surface area contributed by atoms with Crippen molar-refractivity contribution in [3.8, 4) is 0 Å². The highest BCUT2D eigenvalue weighted by Crippen LogP contribution is 2.41. The van der Waals surface area contributed by atoms with Gasteiger partial charge >= 0.3 is 6.18 Å². The second kappa shape index (κ2) is 12.4. The maximum Gasteiger partial charge on any atom is 0.399 e. The molecule has 0 aliphatic carbocycles. The van der Waals surface area contributed by atoms with E-state index in [0.29, 0.717) is 28.6 Å². The van der Waals surface area contributed by atoms with Gasteiger partial charge in [0.15, 0.2) is 5.78 Å². The van der Waals surface area contributed by atoms with Gasteiger partial charge in [-0.15, -0.1) is 0 Å². The Morgan fingerprint density at radius 3 is 2.31 bits per heavy atom. The third-order valence-corrected chi connectivity index (χ3v) is 7.94. The molecule has 1 aliphatic rings. The average Bonchev–Trinajstić information content (AvgIpc) is 2.78. The normalized spacial score (nSPS) is 16.7. The number of nitrogens with zero attached hydrogens (tertiary/aromatic N) is 1. The Morgan fingerprint density at radius 2 is 1.77 bits per heavy atom. The molecule has 10 heteroatoms. The van der Waals surface area contributed by atoms with Crippen LogP contribution in [0.25, 0.3) is 6.08 Å². The van der Waals surface area contributed by atoms with Crippen LogP contribution < -0.4 is 0 Å². The number of likely N-dealkylation sites (tertiary alicyclic amines) is 1. The van der Waals surface area contributed by atoms with Crippen molar-refractivity contribution >= 4 is 62.6 Å². The molecule has 1 atom stereocenters. The molecule has 1 heterocycles. The van der Waals surface area contributed by atoms with Crippen molar-refractivity contribution in [1.29, 1.82) is 0 Å². The highest BCUT2D eigenvalue weighted by Gasteiger charge is 2.39. The number of rotatable bonds is 8. The topological polar surface area (TPSA) is 40.5 Å². The lowest BCUT2D eigenvalue weighted by Crippen LogP contribution is -2.36. The quantitative estimate of drug-likeness (QED) is 0.242. The molecule has 3 nitrogen and oxygen atoms in total. The Hall–Kier alpha value is -1.09. The third-order valence-electron chi connectivity index (χ3n) is 6.09. The largest absolute Gasteiger partial charge is 0.399 e. The highest BCUT2D eigenvalue weighted by atomic mass is 79.9. The first-order chi connectivity index (χ1) is 16.5. The van der Waals surface area contributed by atoms with Gasteiger partial charge in [0.05, 0.1) is 27.6 Å². The monoisotopic (exact) mass is 611 g/mol. The lowest BCUT2D eigenvalue weighted by molar-refractivity contribution is -0.139. The Kier molecular flexibility index (Phi) is 10.1. The summed E-state index contributed by atoms with van der Waals surface area (Å²) in [6, 6.07) is 7.19. The Morgan fingerprint density at radius 1 is 1.14 bits per heavy atom. The summed E-state index contributed by atoms with van der Waals surface area (Å²) in [6.45, 7) is 2.48. The maximum absolute atomic E-state index is 13.8. The molecule has 1 aliphatic heterocycles. The number of carbonyl (C=O) groups excluding carboxylic acids is 1. The summed E-state index contributed by atoms with van der Waals surface area (Å²) in [4.78, 5) is 15.0. The molecule has 1 unspecified atom stereocenters. The number of Topliss-reactive ketones (excluding diaryl/α,β-unsaturated/α-hetero) is 1. The number of hydrogen-bond acceptors (Lipinski definition) is 3. The number of β-amino-alcohol motifs (C(OH)–C–C–N with tert-alkyl or cyclic N) is 1. The van der Waals surface area contributed by atoms with E-state index >= 15 is 0 Å². The highest BCUT2D eigenvalue weighted by molar-refractivity contribution is 9.10. The first-order valence-corrected chi connectivity index (χ1v) is 13.0. The minimum atomic E-state index is -4.57. The fraction of sp³-hybridized carbons (Fsp3) is 0.400. The van der Waals surface area contributed by atoms with E-state index in [1.165, 1.54) is 6.08 Å². The van der Waals surface area contributed by atoms with Gasteiger partial charge in [-0.25, -0.2) is 0 Å². The van der Waals surface area contributed by atoms with Crippen LogP contribution in [0.4, 0.5) is 13.2 Å². The van der Waals surface area contributed by atoms with Gasteiger partial charge < -0.3 is 10.0 Å². The Balaban J connectivity index is 1.72. The van der Waals surface area contributed by atoms with Crippen molar-refractivity contribution in [3.05, 3.63) is 72.6 Å². The van der Waals surface area contributed by atoms with Crippen LogP contribution in [0, 0.1) is 5.92 Å². The molecule has 2 aromatic carbocycles. The molecule has 0 radical (unpaired) electrons. The van der Waals surface area contributed by atoms with Gasteiger partial charge in [0.2, 0.25) is 0 Å². The predicted octanol–water partition coefficient (Wildman–Crippen LogP) is 8.05. The van der Waals surface area contributed by atoms with E-state index in [4.69, 9.17) is 39.9 Å². The van der Waals surface area contributed by atoms with E-state index in [-0.39, 0.29) is 38.9 Å². The molecule has 0 aromatic heterocycles. The van der Waals surface area contributed by atoms with Crippen molar-refractivity contribution in [1.82, 2.24) is 4.90 Å². The molecule has 0 saturated carbocycles. The van der Waals surface area contributed by atoms with Gasteiger partial charge in [-0.3, -0.25) is 4.79 Å². The van der Waals surface area contributed by atoms with Crippen molar-refractivity contribution < 1.29 is 23.1 Å². The average molecular weight is 614 g/mol. The summed E-state index contributed by atoms with van der Waals surface area (Å²) in [6.07, 6.45) is -0.000850. The number of hydrogen-bond donors (Lipinski definition) is 1. The van der Waals surface area contributed by atoms with Crippen molar-refractivity contribution in [2.24, 2.45) is 5.92 Å². The lowest BCUT2D eigenvalue weighted by atomic mass is 9.89. The number of halogens is 7. The van der Waals surface area contributed by atoms with Crippen LogP contribution >= 0.6 is 50.7 Å². The molecule has 190 valence electrons. The molecule has 2 aromatic rings. The molecular weight excluding hydrogens is 590 g/mol. The number of carbonyl (C=O) groups is 1. The SMILES string of the molecule is O=C(CC1CCN(CCO)CC1)c1ccc(/C=C/C(c2cc(Cl)c(Cl)c(Cl)c2)C(F)(F)F)cc1Br. The number of allylic oxidation sites excluding steroid dienone is 1. The van der Waals surface area contributed by atoms with E-state index in [1.54, 1.807) is 18.2 Å². The van der Waals surface area contributed by atoms with E-state index in [9.17, 15) is 18.0 Å². The summed E-state index contributed by atoms with van der Waals surface area (Å²) < 4.78 is 41.8. The number of alkyl halides is 3.